The predicted octanol–water partition coefficient (Wildman–Crippen LogP) is -14.4. The van der Waals surface area contributed by atoms with Gasteiger partial charge in [0.2, 0.25) is 0 Å². The fourth-order valence-corrected chi connectivity index (χ4v) is 4.31. The fourth-order valence-electron chi connectivity index (χ4n) is 4.31. The van der Waals surface area contributed by atoms with Gasteiger partial charge in [-0.2, -0.15) is 0 Å². The van der Waals surface area contributed by atoms with Crippen LogP contribution < -0.4 is 10.2 Å². The zero-order valence-corrected chi connectivity index (χ0v) is 27.6. The van der Waals surface area contributed by atoms with E-state index in [1.807, 2.05) is 0 Å². The van der Waals surface area contributed by atoms with E-state index < -0.39 is 149 Å². The number of hydrogen-bond acceptors (Lipinski definition) is 24. The van der Waals surface area contributed by atoms with Crippen LogP contribution in [0.25, 0.3) is 0 Å². The van der Waals surface area contributed by atoms with E-state index >= 15 is 0 Å². The summed E-state index contributed by atoms with van der Waals surface area (Å²) in [6, 6.07) is 0. The van der Waals surface area contributed by atoms with Gasteiger partial charge in [0.15, 0.2) is 12.6 Å². The Morgan fingerprint density at radius 3 is 1.06 bits per heavy atom. The molecule has 2 rings (SSSR count). The van der Waals surface area contributed by atoms with Gasteiger partial charge in [-0.15, -0.1) is 0 Å². The molecule has 0 amide bonds. The minimum Gasteiger partial charge on any atom is -0.547 e. The third-order valence-electron chi connectivity index (χ3n) is 7.22. The zero-order chi connectivity index (χ0) is 37.2. The van der Waals surface area contributed by atoms with Gasteiger partial charge in [-0.3, -0.25) is 0 Å². The summed E-state index contributed by atoms with van der Waals surface area (Å²) in [5.41, 5.74) is 0. The van der Waals surface area contributed by atoms with E-state index in [4.69, 9.17) is 39.4 Å². The van der Waals surface area contributed by atoms with E-state index in [1.165, 1.54) is 0 Å². The van der Waals surface area contributed by atoms with Crippen molar-refractivity contribution in [1.82, 2.24) is 0 Å². The van der Waals surface area contributed by atoms with Crippen molar-refractivity contribution in [2.75, 3.05) is 26.4 Å². The number of hydrogen-bond donors (Lipinski definition) is 16. The maximum absolute atomic E-state index is 10.6. The molecule has 2 aliphatic rings. The molecule has 25 heteroatoms. The molecule has 16 N–H and O–H groups in total. The molecule has 24 nitrogen and oxygen atoms in total. The van der Waals surface area contributed by atoms with Crippen molar-refractivity contribution >= 4 is 49.7 Å². The third-order valence-corrected chi connectivity index (χ3v) is 7.22. The van der Waals surface area contributed by atoms with Crippen LogP contribution in [0.2, 0.25) is 0 Å². The summed E-state index contributed by atoms with van der Waals surface area (Å²) in [5.74, 6) is -4.18. The summed E-state index contributed by atoms with van der Waals surface area (Å²) in [5, 5.41) is 173. The van der Waals surface area contributed by atoms with Gasteiger partial charge in [0.05, 0.1) is 38.4 Å². The molecule has 2 heterocycles. The first-order chi connectivity index (χ1) is 22.3. The number of aliphatic hydroxyl groups is 16. The molecule has 0 aromatic rings. The van der Waals surface area contributed by atoms with Crippen molar-refractivity contribution in [2.24, 2.45) is 0 Å². The van der Waals surface area contributed by atoms with Gasteiger partial charge >= 0.3 is 37.7 Å². The average molecular weight is 755 g/mol. The minimum atomic E-state index is -2.50. The largest absolute Gasteiger partial charge is 2.00 e. The van der Waals surface area contributed by atoms with Crippen molar-refractivity contribution in [3.8, 4) is 0 Å². The van der Waals surface area contributed by atoms with Crippen LogP contribution in [-0.2, 0) is 28.5 Å². The van der Waals surface area contributed by atoms with Crippen LogP contribution >= 0.6 is 0 Å². The zero-order valence-electron chi connectivity index (χ0n) is 25.3. The average Bonchev–Trinajstić information content (AvgIpc) is 3.07. The summed E-state index contributed by atoms with van der Waals surface area (Å²) in [7, 11) is 0. The number of carbonyl (C=O) groups excluding carboxylic acids is 2. The van der Waals surface area contributed by atoms with Gasteiger partial charge in [0.25, 0.3) is 0 Å². The first-order valence-electron chi connectivity index (χ1n) is 13.9. The third kappa shape index (κ3) is 12.8. The fraction of sp³-hybridized carbons (Fsp3) is 0.917. The van der Waals surface area contributed by atoms with E-state index in [1.54, 1.807) is 0 Å². The molecule has 284 valence electrons. The topological polar surface area (TPSA) is 441 Å². The van der Waals surface area contributed by atoms with Crippen LogP contribution in [0.1, 0.15) is 0 Å². The Morgan fingerprint density at radius 2 is 0.837 bits per heavy atom. The molecule has 18 atom stereocenters. The maximum Gasteiger partial charge on any atom is 2.00 e. The molecule has 0 aromatic carbocycles. The minimum absolute atomic E-state index is 0. The number of aliphatic hydroxyl groups excluding tert-OH is 16. The Bertz CT molecular complexity index is 888. The second-order valence-electron chi connectivity index (χ2n) is 10.6. The molecule has 0 radical (unpaired) electrons. The van der Waals surface area contributed by atoms with Crippen LogP contribution in [0.4, 0.5) is 0 Å². The van der Waals surface area contributed by atoms with Crippen molar-refractivity contribution in [3.63, 3.8) is 0 Å². The summed E-state index contributed by atoms with van der Waals surface area (Å²) in [4.78, 5) is 21.2. The number of rotatable bonds is 16. The molecule has 2 saturated heterocycles. The summed E-state index contributed by atoms with van der Waals surface area (Å²) < 4.78 is 19.9. The molecule has 0 aromatic heterocycles. The first kappa shape index (κ1) is 48.4. The predicted molar refractivity (Wildman–Crippen MR) is 143 cm³/mol. The van der Waals surface area contributed by atoms with Gasteiger partial charge < -0.3 is 120 Å². The van der Waals surface area contributed by atoms with Crippen LogP contribution in [0.15, 0.2) is 0 Å². The number of carbonyl (C=O) groups is 2. The molecule has 0 spiro atoms. The molecule has 49 heavy (non-hydrogen) atoms. The van der Waals surface area contributed by atoms with Crippen LogP contribution in [0.3, 0.4) is 0 Å². The smallest absolute Gasteiger partial charge is 0.547 e. The van der Waals surface area contributed by atoms with Gasteiger partial charge in [0.1, 0.15) is 97.7 Å². The monoisotopic (exact) mass is 754 g/mol. The van der Waals surface area contributed by atoms with E-state index in [2.05, 4.69) is 0 Å². The van der Waals surface area contributed by atoms with E-state index in [9.17, 15) is 81.1 Å². The molecule has 0 bridgehead atoms. The Hall–Kier alpha value is -0.600. The quantitative estimate of drug-likeness (QED) is 0.0650. The molecule has 2 aliphatic heterocycles. The molecular weight excluding hydrogens is 712 g/mol. The van der Waals surface area contributed by atoms with Gasteiger partial charge in [-0.1, -0.05) is 0 Å². The molecule has 0 saturated carbocycles. The Morgan fingerprint density at radius 1 is 0.551 bits per heavy atom. The molecule has 0 aliphatic carbocycles. The van der Waals surface area contributed by atoms with E-state index in [0.717, 1.165) is 0 Å². The second kappa shape index (κ2) is 22.5. The van der Waals surface area contributed by atoms with Crippen molar-refractivity contribution < 1.29 is 120 Å². The normalized spacial score (nSPS) is 35.2. The van der Waals surface area contributed by atoms with Crippen LogP contribution in [-0.4, -0.2) is 268 Å². The number of carboxylic acids is 2. The SMILES string of the molecule is O=C([O-])[C@H](O)[C@@H](O)[C@H](O[C@@H]1O[C@H](CO)[C@H](O)[C@@H](O)[C@H]1O)[C@H](O)CO.O=C([O-])[C@H](O)[C@@H](O)[C@H](O[C@@H]1O[C@H](CO)[C@H](O)[C@@H](O)[C@H]1O)[C@H](O)CO.[Ca+2]. The van der Waals surface area contributed by atoms with Gasteiger partial charge in [-0.05, 0) is 0 Å². The van der Waals surface area contributed by atoms with Crippen LogP contribution in [0.5, 0.6) is 0 Å². The summed E-state index contributed by atoms with van der Waals surface area (Å²) in [6.07, 6.45) is -34.5. The molecule has 0 unspecified atom stereocenters. The molecular formula is C24H42CaO24. The van der Waals surface area contributed by atoms with Gasteiger partial charge in [-0.25, -0.2) is 0 Å². The Labute approximate surface area is 305 Å². The summed E-state index contributed by atoms with van der Waals surface area (Å²) >= 11 is 0. The number of aliphatic carboxylic acids is 2. The first-order valence-corrected chi connectivity index (χ1v) is 13.9. The number of carboxylic acid groups (broad SMARTS) is 2. The van der Waals surface area contributed by atoms with Gasteiger partial charge in [0, 0.05) is 0 Å². The Kier molecular flexibility index (Phi) is 22.2. The molecule has 2 fully saturated rings. The van der Waals surface area contributed by atoms with E-state index in [0.29, 0.717) is 0 Å². The maximum atomic E-state index is 10.6. The van der Waals surface area contributed by atoms with Crippen LogP contribution in [0, 0.1) is 0 Å². The Balaban J connectivity index is 0.000000922. The standard InChI is InChI=1S/2C12H22O12.Ca/c2*13-1-3(15)10(7(18)8(19)11(21)22)24-12-9(20)6(17)5(16)4(2-14)23-12;/h2*3-10,12-20H,1-2H2,(H,21,22);/q;;+2/p-2/t2*3-,4-,5+,6-,7-,8-,9-,10-,12+;/m11./s1. The number of ether oxygens (including phenoxy) is 4. The van der Waals surface area contributed by atoms with Crippen molar-refractivity contribution in [3.05, 3.63) is 0 Å². The second-order valence-corrected chi connectivity index (χ2v) is 10.6. The van der Waals surface area contributed by atoms with E-state index in [-0.39, 0.29) is 37.7 Å². The van der Waals surface area contributed by atoms with Crippen molar-refractivity contribution in [1.29, 1.82) is 0 Å². The summed E-state index contributed by atoms with van der Waals surface area (Å²) in [6.45, 7) is -3.58. The van der Waals surface area contributed by atoms with Crippen molar-refractivity contribution in [2.45, 2.75) is 110 Å².